The third-order valence-corrected chi connectivity index (χ3v) is 6.11. The van der Waals surface area contributed by atoms with Crippen molar-refractivity contribution in [2.24, 2.45) is 5.92 Å². The van der Waals surface area contributed by atoms with Crippen LogP contribution in [0.1, 0.15) is 81.9 Å². The maximum absolute atomic E-state index is 2.46. The number of aryl methyl sites for hydroxylation is 2. The molecule has 0 fully saturated rings. The molecule has 26 heavy (non-hydrogen) atoms. The van der Waals surface area contributed by atoms with Crippen LogP contribution in [0.3, 0.4) is 0 Å². The van der Waals surface area contributed by atoms with Gasteiger partial charge in [0.05, 0.1) is 0 Å². The Morgan fingerprint density at radius 3 is 2.31 bits per heavy atom. The second kappa shape index (κ2) is 9.95. The minimum atomic E-state index is 0.917. The van der Waals surface area contributed by atoms with Crippen molar-refractivity contribution in [2.45, 2.75) is 84.5 Å². The van der Waals surface area contributed by atoms with Gasteiger partial charge >= 0.3 is 0 Å². The Labute approximate surface area is 161 Å². The maximum Gasteiger partial charge on any atom is -0.0181 e. The first-order valence-corrected chi connectivity index (χ1v) is 11.0. The van der Waals surface area contributed by atoms with Gasteiger partial charge in [0, 0.05) is 0 Å². The number of rotatable bonds is 9. The van der Waals surface area contributed by atoms with E-state index in [9.17, 15) is 0 Å². The van der Waals surface area contributed by atoms with Gasteiger partial charge in [0.2, 0.25) is 0 Å². The molecule has 0 saturated heterocycles. The zero-order chi connectivity index (χ0) is 18.2. The van der Waals surface area contributed by atoms with Crippen LogP contribution in [0, 0.1) is 5.92 Å². The van der Waals surface area contributed by atoms with Crippen molar-refractivity contribution < 1.29 is 0 Å². The van der Waals surface area contributed by atoms with Crippen molar-refractivity contribution in [1.29, 1.82) is 0 Å². The standard InChI is InChI=1S/C26H36/c1-3-5-7-8-10-21-11-14-23(15-12-21)25-18-17-24-19-22(9-6-4-2)13-16-26(24)20-25/h11-12,14-15,17-18,20,22H,3-10,13,16,19H2,1-2H3. The zero-order valence-corrected chi connectivity index (χ0v) is 16.9. The molecule has 0 saturated carbocycles. The van der Waals surface area contributed by atoms with E-state index in [-0.39, 0.29) is 0 Å². The molecule has 140 valence electrons. The molecule has 0 heteroatoms. The van der Waals surface area contributed by atoms with Crippen molar-refractivity contribution in [1.82, 2.24) is 0 Å². The highest BCUT2D eigenvalue weighted by Crippen LogP contribution is 2.32. The van der Waals surface area contributed by atoms with Crippen LogP contribution in [0.4, 0.5) is 0 Å². The van der Waals surface area contributed by atoms with Crippen LogP contribution >= 0.6 is 0 Å². The highest BCUT2D eigenvalue weighted by atomic mass is 14.2. The maximum atomic E-state index is 2.46. The second-order valence-corrected chi connectivity index (χ2v) is 8.24. The third-order valence-electron chi connectivity index (χ3n) is 6.11. The topological polar surface area (TPSA) is 0 Å². The van der Waals surface area contributed by atoms with E-state index < -0.39 is 0 Å². The number of benzene rings is 2. The van der Waals surface area contributed by atoms with Gasteiger partial charge in [0.1, 0.15) is 0 Å². The van der Waals surface area contributed by atoms with Crippen molar-refractivity contribution in [3.05, 3.63) is 59.2 Å². The third kappa shape index (κ3) is 5.22. The molecule has 0 amide bonds. The predicted octanol–water partition coefficient (Wildman–Crippen LogP) is 7.77. The molecule has 1 aliphatic carbocycles. The molecular weight excluding hydrogens is 312 g/mol. The second-order valence-electron chi connectivity index (χ2n) is 8.24. The molecular formula is C26H36. The highest BCUT2D eigenvalue weighted by molar-refractivity contribution is 5.65. The van der Waals surface area contributed by atoms with Gasteiger partial charge in [-0.2, -0.15) is 0 Å². The number of hydrogen-bond acceptors (Lipinski definition) is 0. The summed E-state index contributed by atoms with van der Waals surface area (Å²) in [6, 6.07) is 16.5. The summed E-state index contributed by atoms with van der Waals surface area (Å²) in [5.74, 6) is 0.917. The number of fused-ring (bicyclic) bond motifs is 1. The van der Waals surface area contributed by atoms with Crippen LogP contribution in [0.25, 0.3) is 11.1 Å². The normalized spacial score (nSPS) is 16.5. The molecule has 2 aromatic rings. The molecule has 0 bridgehead atoms. The SMILES string of the molecule is CCCCCCc1ccc(-c2ccc3c(c2)CCC(CCCC)C3)cc1. The number of unbranched alkanes of at least 4 members (excludes halogenated alkanes) is 4. The first-order chi connectivity index (χ1) is 12.8. The summed E-state index contributed by atoms with van der Waals surface area (Å²) in [5.41, 5.74) is 7.46. The largest absolute Gasteiger partial charge is 0.0654 e. The van der Waals surface area contributed by atoms with Crippen LogP contribution < -0.4 is 0 Å². The molecule has 1 unspecified atom stereocenters. The van der Waals surface area contributed by atoms with Crippen molar-refractivity contribution in [3.63, 3.8) is 0 Å². The molecule has 1 aliphatic rings. The van der Waals surface area contributed by atoms with E-state index in [1.807, 2.05) is 0 Å². The fourth-order valence-corrected chi connectivity index (χ4v) is 4.37. The Bertz CT molecular complexity index is 665. The highest BCUT2D eigenvalue weighted by Gasteiger charge is 2.18. The first kappa shape index (κ1) is 19.2. The van der Waals surface area contributed by atoms with Crippen LogP contribution in [0.15, 0.2) is 42.5 Å². The molecule has 0 radical (unpaired) electrons. The van der Waals surface area contributed by atoms with E-state index in [1.54, 1.807) is 11.1 Å². The molecule has 1 atom stereocenters. The van der Waals surface area contributed by atoms with Gasteiger partial charge in [-0.15, -0.1) is 0 Å². The summed E-state index contributed by atoms with van der Waals surface area (Å²) in [7, 11) is 0. The summed E-state index contributed by atoms with van der Waals surface area (Å²) in [6.07, 6.45) is 14.7. The Kier molecular flexibility index (Phi) is 7.35. The van der Waals surface area contributed by atoms with Gasteiger partial charge in [-0.05, 0) is 65.8 Å². The minimum absolute atomic E-state index is 0.917. The summed E-state index contributed by atoms with van der Waals surface area (Å²) in [6.45, 7) is 4.58. The molecule has 2 aromatic carbocycles. The van der Waals surface area contributed by atoms with Gasteiger partial charge in [0.15, 0.2) is 0 Å². The van der Waals surface area contributed by atoms with Gasteiger partial charge < -0.3 is 0 Å². The fourth-order valence-electron chi connectivity index (χ4n) is 4.37. The zero-order valence-electron chi connectivity index (χ0n) is 16.9. The summed E-state index contributed by atoms with van der Waals surface area (Å²) < 4.78 is 0. The lowest BCUT2D eigenvalue weighted by Gasteiger charge is -2.25. The van der Waals surface area contributed by atoms with Gasteiger partial charge in [-0.3, -0.25) is 0 Å². The molecule has 0 aromatic heterocycles. The lowest BCUT2D eigenvalue weighted by Crippen LogP contribution is -2.14. The van der Waals surface area contributed by atoms with E-state index in [0.717, 1.165) is 5.92 Å². The summed E-state index contributed by atoms with van der Waals surface area (Å²) in [4.78, 5) is 0. The Morgan fingerprint density at radius 2 is 1.54 bits per heavy atom. The quantitative estimate of drug-likeness (QED) is 0.406. The molecule has 0 N–H and O–H groups in total. The average Bonchev–Trinajstić information content (AvgIpc) is 2.69. The smallest absolute Gasteiger partial charge is 0.0181 e. The van der Waals surface area contributed by atoms with Crippen molar-refractivity contribution >= 4 is 0 Å². The van der Waals surface area contributed by atoms with Gasteiger partial charge in [-0.1, -0.05) is 94.8 Å². The monoisotopic (exact) mass is 348 g/mol. The van der Waals surface area contributed by atoms with E-state index in [1.165, 1.54) is 87.3 Å². The minimum Gasteiger partial charge on any atom is -0.0654 e. The predicted molar refractivity (Wildman–Crippen MR) is 115 cm³/mol. The van der Waals surface area contributed by atoms with Gasteiger partial charge in [0.25, 0.3) is 0 Å². The molecule has 0 spiro atoms. The number of hydrogen-bond donors (Lipinski definition) is 0. The van der Waals surface area contributed by atoms with Crippen molar-refractivity contribution in [2.75, 3.05) is 0 Å². The van der Waals surface area contributed by atoms with Crippen molar-refractivity contribution in [3.8, 4) is 11.1 Å². The van der Waals surface area contributed by atoms with Gasteiger partial charge in [-0.25, -0.2) is 0 Å². The fraction of sp³-hybridized carbons (Fsp3) is 0.538. The molecule has 0 nitrogen and oxygen atoms in total. The van der Waals surface area contributed by atoms with E-state index in [4.69, 9.17) is 0 Å². The Hall–Kier alpha value is -1.56. The molecule has 0 aliphatic heterocycles. The van der Waals surface area contributed by atoms with E-state index in [2.05, 4.69) is 56.3 Å². The first-order valence-electron chi connectivity index (χ1n) is 11.0. The molecule has 0 heterocycles. The van der Waals surface area contributed by atoms with E-state index >= 15 is 0 Å². The van der Waals surface area contributed by atoms with Crippen LogP contribution in [-0.2, 0) is 19.3 Å². The van der Waals surface area contributed by atoms with Crippen LogP contribution in [-0.4, -0.2) is 0 Å². The Balaban J connectivity index is 1.62. The Morgan fingerprint density at radius 1 is 0.769 bits per heavy atom. The molecule has 3 rings (SSSR count). The summed E-state index contributed by atoms with van der Waals surface area (Å²) >= 11 is 0. The summed E-state index contributed by atoms with van der Waals surface area (Å²) in [5, 5.41) is 0. The lowest BCUT2D eigenvalue weighted by molar-refractivity contribution is 0.413. The van der Waals surface area contributed by atoms with E-state index in [0.29, 0.717) is 0 Å². The van der Waals surface area contributed by atoms with Crippen LogP contribution in [0.5, 0.6) is 0 Å². The average molecular weight is 349 g/mol. The van der Waals surface area contributed by atoms with Crippen LogP contribution in [0.2, 0.25) is 0 Å². The lowest BCUT2D eigenvalue weighted by atomic mass is 9.80.